The summed E-state index contributed by atoms with van der Waals surface area (Å²) in [6, 6.07) is 4.56. The molecular formula is C15H16ClF2N3. The summed E-state index contributed by atoms with van der Waals surface area (Å²) in [4.78, 5) is 4.00. The zero-order valence-corrected chi connectivity index (χ0v) is 12.3. The van der Waals surface area contributed by atoms with Gasteiger partial charge in [0, 0.05) is 17.8 Å². The van der Waals surface area contributed by atoms with E-state index in [1.54, 1.807) is 6.07 Å². The van der Waals surface area contributed by atoms with E-state index in [4.69, 9.17) is 17.3 Å². The minimum absolute atomic E-state index is 0.276. The summed E-state index contributed by atoms with van der Waals surface area (Å²) in [6.45, 7) is 2.66. The highest BCUT2D eigenvalue weighted by molar-refractivity contribution is 6.30. The number of nitrogens with two attached hydrogens (primary N) is 1. The number of hydrogen-bond donors (Lipinski definition) is 2. The fraction of sp³-hybridized carbons (Fsp3) is 0.267. The van der Waals surface area contributed by atoms with Crippen LogP contribution in [0, 0.1) is 11.6 Å². The number of pyridine rings is 1. The zero-order valence-electron chi connectivity index (χ0n) is 11.5. The molecule has 0 radical (unpaired) electrons. The van der Waals surface area contributed by atoms with Crippen LogP contribution in [0.1, 0.15) is 30.5 Å². The van der Waals surface area contributed by atoms with Gasteiger partial charge in [-0.15, -0.1) is 0 Å². The van der Waals surface area contributed by atoms with E-state index >= 15 is 0 Å². The Balaban J connectivity index is 2.49. The first kappa shape index (κ1) is 15.7. The lowest BCUT2D eigenvalue weighted by Crippen LogP contribution is -2.24. The van der Waals surface area contributed by atoms with Crippen LogP contribution in [0.25, 0.3) is 0 Å². The van der Waals surface area contributed by atoms with Crippen LogP contribution in [0.15, 0.2) is 30.5 Å². The summed E-state index contributed by atoms with van der Waals surface area (Å²) in [7, 11) is 0. The maximum absolute atomic E-state index is 13.5. The first-order chi connectivity index (χ1) is 10.0. The number of aromatic nitrogens is 1. The second-order valence-corrected chi connectivity index (χ2v) is 5.15. The summed E-state index contributed by atoms with van der Waals surface area (Å²) in [5.74, 6) is -0.999. The van der Waals surface area contributed by atoms with Crippen molar-refractivity contribution in [3.63, 3.8) is 0 Å². The number of halogens is 3. The number of benzene rings is 1. The first-order valence-corrected chi connectivity index (χ1v) is 6.99. The van der Waals surface area contributed by atoms with E-state index in [1.807, 2.05) is 6.92 Å². The van der Waals surface area contributed by atoms with E-state index < -0.39 is 17.7 Å². The molecule has 0 amide bonds. The molecule has 0 aliphatic heterocycles. The summed E-state index contributed by atoms with van der Waals surface area (Å²) in [5, 5.41) is 3.63. The third kappa shape index (κ3) is 3.89. The van der Waals surface area contributed by atoms with Gasteiger partial charge < -0.3 is 11.1 Å². The van der Waals surface area contributed by atoms with Gasteiger partial charge in [0.2, 0.25) is 0 Å². The fourth-order valence-corrected chi connectivity index (χ4v) is 2.30. The van der Waals surface area contributed by atoms with Crippen LogP contribution in [0.4, 0.5) is 14.6 Å². The molecule has 1 aromatic carbocycles. The molecule has 6 heteroatoms. The van der Waals surface area contributed by atoms with Gasteiger partial charge in [0.25, 0.3) is 0 Å². The summed E-state index contributed by atoms with van der Waals surface area (Å²) >= 11 is 5.95. The third-order valence-electron chi connectivity index (χ3n) is 3.04. The molecule has 0 spiro atoms. The Kier molecular flexibility index (Phi) is 5.09. The number of nitrogens with zero attached hydrogens (tertiary/aromatic N) is 1. The lowest BCUT2D eigenvalue weighted by atomic mass is 9.98. The van der Waals surface area contributed by atoms with Crippen molar-refractivity contribution in [1.29, 1.82) is 0 Å². The predicted octanol–water partition coefficient (Wildman–Crippen LogP) is 3.68. The van der Waals surface area contributed by atoms with Crippen molar-refractivity contribution >= 4 is 17.4 Å². The molecule has 21 heavy (non-hydrogen) atoms. The smallest absolute Gasteiger partial charge is 0.128 e. The SMILES string of the molecule is CCCNC(c1cc(F)cc(F)c1)c1cc(Cl)cnc1N. The van der Waals surface area contributed by atoms with E-state index in [1.165, 1.54) is 18.3 Å². The van der Waals surface area contributed by atoms with Crippen LogP contribution in [0.2, 0.25) is 5.02 Å². The van der Waals surface area contributed by atoms with Crippen molar-refractivity contribution in [1.82, 2.24) is 10.3 Å². The molecule has 3 N–H and O–H groups in total. The van der Waals surface area contributed by atoms with Gasteiger partial charge in [-0.1, -0.05) is 18.5 Å². The van der Waals surface area contributed by atoms with E-state index in [0.29, 0.717) is 22.7 Å². The van der Waals surface area contributed by atoms with Crippen LogP contribution in [0.3, 0.4) is 0 Å². The van der Waals surface area contributed by atoms with Crippen molar-refractivity contribution in [3.05, 3.63) is 58.2 Å². The zero-order chi connectivity index (χ0) is 15.4. The molecule has 0 fully saturated rings. The van der Waals surface area contributed by atoms with Crippen molar-refractivity contribution in [2.75, 3.05) is 12.3 Å². The van der Waals surface area contributed by atoms with Crippen LogP contribution >= 0.6 is 11.6 Å². The number of anilines is 1. The normalized spacial score (nSPS) is 12.4. The van der Waals surface area contributed by atoms with Crippen molar-refractivity contribution in [2.24, 2.45) is 0 Å². The third-order valence-corrected chi connectivity index (χ3v) is 3.25. The average Bonchev–Trinajstić information content (AvgIpc) is 2.42. The van der Waals surface area contributed by atoms with Gasteiger partial charge in [0.15, 0.2) is 0 Å². The fourth-order valence-electron chi connectivity index (χ4n) is 2.13. The van der Waals surface area contributed by atoms with E-state index in [2.05, 4.69) is 10.3 Å². The molecule has 0 saturated heterocycles. The van der Waals surface area contributed by atoms with Gasteiger partial charge in [0.1, 0.15) is 17.5 Å². The van der Waals surface area contributed by atoms with Crippen LogP contribution in [-0.4, -0.2) is 11.5 Å². The second-order valence-electron chi connectivity index (χ2n) is 4.72. The largest absolute Gasteiger partial charge is 0.383 e. The summed E-state index contributed by atoms with van der Waals surface area (Å²) < 4.78 is 26.9. The molecule has 0 bridgehead atoms. The molecule has 0 aliphatic rings. The van der Waals surface area contributed by atoms with E-state index in [9.17, 15) is 8.78 Å². The van der Waals surface area contributed by atoms with E-state index in [0.717, 1.165) is 12.5 Å². The predicted molar refractivity (Wildman–Crippen MR) is 80.2 cm³/mol. The van der Waals surface area contributed by atoms with Gasteiger partial charge in [-0.2, -0.15) is 0 Å². The number of rotatable bonds is 5. The van der Waals surface area contributed by atoms with Gasteiger partial charge in [-0.3, -0.25) is 0 Å². The molecule has 2 rings (SSSR count). The van der Waals surface area contributed by atoms with Crippen molar-refractivity contribution < 1.29 is 8.78 Å². The number of nitrogens with one attached hydrogen (secondary N) is 1. The maximum atomic E-state index is 13.5. The quantitative estimate of drug-likeness (QED) is 0.885. The van der Waals surface area contributed by atoms with Crippen molar-refractivity contribution in [2.45, 2.75) is 19.4 Å². The first-order valence-electron chi connectivity index (χ1n) is 6.61. The molecule has 0 aliphatic carbocycles. The van der Waals surface area contributed by atoms with Gasteiger partial charge >= 0.3 is 0 Å². The highest BCUT2D eigenvalue weighted by Crippen LogP contribution is 2.28. The highest BCUT2D eigenvalue weighted by atomic mass is 35.5. The molecule has 0 saturated carbocycles. The summed E-state index contributed by atoms with van der Waals surface area (Å²) in [6.07, 6.45) is 2.30. The minimum Gasteiger partial charge on any atom is -0.383 e. The average molecular weight is 312 g/mol. The van der Waals surface area contributed by atoms with Crippen molar-refractivity contribution in [3.8, 4) is 0 Å². The minimum atomic E-state index is -0.637. The molecule has 1 atom stereocenters. The Morgan fingerprint density at radius 3 is 2.52 bits per heavy atom. The van der Waals surface area contributed by atoms with Crippen LogP contribution in [-0.2, 0) is 0 Å². The van der Waals surface area contributed by atoms with Crippen LogP contribution in [0.5, 0.6) is 0 Å². The monoisotopic (exact) mass is 311 g/mol. The number of nitrogen functional groups attached to an aromatic ring is 1. The van der Waals surface area contributed by atoms with Gasteiger partial charge in [-0.05, 0) is 36.7 Å². The van der Waals surface area contributed by atoms with Gasteiger partial charge in [-0.25, -0.2) is 13.8 Å². The topological polar surface area (TPSA) is 50.9 Å². The standard InChI is InChI=1S/C15H16ClF2N3/c1-2-3-20-14(9-4-11(17)7-12(18)5-9)13-6-10(16)8-21-15(13)19/h4-8,14,20H,2-3H2,1H3,(H2,19,21). The maximum Gasteiger partial charge on any atom is 0.128 e. The van der Waals surface area contributed by atoms with Gasteiger partial charge in [0.05, 0.1) is 11.1 Å². The Hall–Kier alpha value is -1.72. The Labute approximate surface area is 127 Å². The Bertz CT molecular complexity index is 614. The second kappa shape index (κ2) is 6.83. The number of hydrogen-bond acceptors (Lipinski definition) is 3. The Morgan fingerprint density at radius 1 is 1.24 bits per heavy atom. The molecule has 112 valence electrons. The lowest BCUT2D eigenvalue weighted by Gasteiger charge is -2.21. The molecular weight excluding hydrogens is 296 g/mol. The van der Waals surface area contributed by atoms with Crippen LogP contribution < -0.4 is 11.1 Å². The van der Waals surface area contributed by atoms with E-state index in [-0.39, 0.29) is 5.82 Å². The Morgan fingerprint density at radius 2 is 1.90 bits per heavy atom. The molecule has 1 aromatic heterocycles. The lowest BCUT2D eigenvalue weighted by molar-refractivity contribution is 0.558. The highest BCUT2D eigenvalue weighted by Gasteiger charge is 2.19. The summed E-state index contributed by atoms with van der Waals surface area (Å²) in [5.41, 5.74) is 6.92. The molecule has 1 unspecified atom stereocenters. The molecule has 3 nitrogen and oxygen atoms in total. The molecule has 2 aromatic rings. The molecule has 1 heterocycles.